The Morgan fingerprint density at radius 2 is 1.86 bits per heavy atom. The van der Waals surface area contributed by atoms with E-state index in [9.17, 15) is 4.79 Å². The van der Waals surface area contributed by atoms with Crippen molar-refractivity contribution in [2.45, 2.75) is 23.7 Å². The van der Waals surface area contributed by atoms with Gasteiger partial charge in [0.05, 0.1) is 5.56 Å². The van der Waals surface area contributed by atoms with Gasteiger partial charge in [-0.1, -0.05) is 23.7 Å². The van der Waals surface area contributed by atoms with E-state index in [2.05, 4.69) is 0 Å². The van der Waals surface area contributed by atoms with E-state index in [1.807, 2.05) is 42.5 Å². The van der Waals surface area contributed by atoms with Crippen molar-refractivity contribution < 1.29 is 9.53 Å². The van der Waals surface area contributed by atoms with E-state index in [1.165, 1.54) is 6.92 Å². The maximum Gasteiger partial charge on any atom is 0.339 e. The Labute approximate surface area is 138 Å². The number of thioether (sulfide) groups is 1. The molecule has 0 unspecified atom stereocenters. The molecule has 0 aliphatic heterocycles. The Kier molecular flexibility index (Phi) is 5.88. The van der Waals surface area contributed by atoms with E-state index >= 15 is 0 Å². The summed E-state index contributed by atoms with van der Waals surface area (Å²) in [6, 6.07) is 16.7. The molecule has 0 saturated heterocycles. The predicted octanol–water partition coefficient (Wildman–Crippen LogP) is 4.70. The molecule has 3 nitrogen and oxygen atoms in total. The van der Waals surface area contributed by atoms with Crippen LogP contribution < -0.4 is 0 Å². The summed E-state index contributed by atoms with van der Waals surface area (Å²) < 4.78 is 4.95. The normalized spacial score (nSPS) is 11.5. The van der Waals surface area contributed by atoms with Crippen LogP contribution in [0.3, 0.4) is 0 Å². The molecule has 0 N–H and O–H groups in total. The molecule has 2 aromatic rings. The predicted molar refractivity (Wildman–Crippen MR) is 87.9 cm³/mol. The third-order valence-corrected chi connectivity index (χ3v) is 4.21. The van der Waals surface area contributed by atoms with Crippen molar-refractivity contribution in [3.8, 4) is 6.07 Å². The lowest BCUT2D eigenvalue weighted by molar-refractivity contribution is 0.0435. The lowest BCUT2D eigenvalue weighted by Crippen LogP contribution is -2.12. The van der Waals surface area contributed by atoms with Gasteiger partial charge in [0, 0.05) is 15.7 Å². The summed E-state index contributed by atoms with van der Waals surface area (Å²) >= 11 is 7.54. The van der Waals surface area contributed by atoms with Crippen molar-refractivity contribution in [3.05, 3.63) is 64.7 Å². The second-order valence-corrected chi connectivity index (χ2v) is 6.10. The second-order valence-electron chi connectivity index (χ2n) is 4.62. The minimum absolute atomic E-state index is 0.447. The molecule has 22 heavy (non-hydrogen) atoms. The quantitative estimate of drug-likeness (QED) is 0.588. The standard InChI is InChI=1S/C17H14ClNO2S/c1-12(10-19)21-17(20)14-4-2-13(3-5-14)11-22-16-8-6-15(18)7-9-16/h2-9,12H,11H2,1H3/t12-/m1/s1. The maximum atomic E-state index is 11.7. The SMILES string of the molecule is C[C@H](C#N)OC(=O)c1ccc(CSc2ccc(Cl)cc2)cc1. The van der Waals surface area contributed by atoms with Gasteiger partial charge in [0.2, 0.25) is 0 Å². The number of hydrogen-bond acceptors (Lipinski definition) is 4. The van der Waals surface area contributed by atoms with Crippen LogP contribution in [-0.4, -0.2) is 12.1 Å². The zero-order valence-corrected chi connectivity index (χ0v) is 13.5. The van der Waals surface area contributed by atoms with Gasteiger partial charge in [-0.25, -0.2) is 4.79 Å². The number of hydrogen-bond donors (Lipinski definition) is 0. The van der Waals surface area contributed by atoms with Crippen molar-refractivity contribution in [1.82, 2.24) is 0 Å². The number of nitriles is 1. The summed E-state index contributed by atoms with van der Waals surface area (Å²) in [5.41, 5.74) is 1.55. The maximum absolute atomic E-state index is 11.7. The minimum atomic E-state index is -0.743. The number of carbonyl (C=O) groups is 1. The van der Waals surface area contributed by atoms with Gasteiger partial charge in [0.15, 0.2) is 6.10 Å². The lowest BCUT2D eigenvalue weighted by Gasteiger charge is -2.07. The monoisotopic (exact) mass is 331 g/mol. The van der Waals surface area contributed by atoms with Gasteiger partial charge in [0.25, 0.3) is 0 Å². The van der Waals surface area contributed by atoms with E-state index in [0.29, 0.717) is 5.56 Å². The van der Waals surface area contributed by atoms with Crippen LogP contribution in [0.25, 0.3) is 0 Å². The Hall–Kier alpha value is -1.96. The molecule has 5 heteroatoms. The minimum Gasteiger partial charge on any atom is -0.444 e. The van der Waals surface area contributed by atoms with Crippen LogP contribution in [-0.2, 0) is 10.5 Å². The largest absolute Gasteiger partial charge is 0.444 e. The van der Waals surface area contributed by atoms with E-state index in [1.54, 1.807) is 23.9 Å². The molecule has 112 valence electrons. The van der Waals surface area contributed by atoms with E-state index in [4.69, 9.17) is 21.6 Å². The lowest BCUT2D eigenvalue weighted by atomic mass is 10.1. The molecule has 2 rings (SSSR count). The van der Waals surface area contributed by atoms with E-state index in [-0.39, 0.29) is 0 Å². The molecule has 0 saturated carbocycles. The first kappa shape index (κ1) is 16.4. The molecule has 0 heterocycles. The average Bonchev–Trinajstić information content (AvgIpc) is 2.54. The highest BCUT2D eigenvalue weighted by atomic mass is 35.5. The average molecular weight is 332 g/mol. The third kappa shape index (κ3) is 4.80. The van der Waals surface area contributed by atoms with Gasteiger partial charge < -0.3 is 4.74 Å². The van der Waals surface area contributed by atoms with Crippen LogP contribution in [0.15, 0.2) is 53.4 Å². The molecular formula is C17H14ClNO2S. The molecule has 0 bridgehead atoms. The third-order valence-electron chi connectivity index (χ3n) is 2.87. The first-order valence-corrected chi connectivity index (χ1v) is 8.03. The number of benzene rings is 2. The van der Waals surface area contributed by atoms with Gasteiger partial charge >= 0.3 is 5.97 Å². The molecule has 2 aromatic carbocycles. The van der Waals surface area contributed by atoms with Crippen LogP contribution in [0.1, 0.15) is 22.8 Å². The van der Waals surface area contributed by atoms with Gasteiger partial charge in [-0.05, 0) is 48.9 Å². The zero-order chi connectivity index (χ0) is 15.9. The van der Waals surface area contributed by atoms with Gasteiger partial charge in [-0.15, -0.1) is 11.8 Å². The Morgan fingerprint density at radius 3 is 2.45 bits per heavy atom. The summed E-state index contributed by atoms with van der Waals surface area (Å²) in [5, 5.41) is 9.35. The number of ether oxygens (including phenoxy) is 1. The van der Waals surface area contributed by atoms with Crippen molar-refractivity contribution in [2.24, 2.45) is 0 Å². The first-order chi connectivity index (χ1) is 10.6. The van der Waals surface area contributed by atoms with Crippen LogP contribution in [0.5, 0.6) is 0 Å². The highest BCUT2D eigenvalue weighted by molar-refractivity contribution is 7.98. The summed E-state index contributed by atoms with van der Waals surface area (Å²) in [5.74, 6) is 0.317. The molecule has 0 aliphatic carbocycles. The summed E-state index contributed by atoms with van der Waals surface area (Å²) in [7, 11) is 0. The summed E-state index contributed by atoms with van der Waals surface area (Å²) in [4.78, 5) is 12.9. The number of rotatable bonds is 5. The molecule has 0 aromatic heterocycles. The number of esters is 1. The van der Waals surface area contributed by atoms with Crippen molar-refractivity contribution in [3.63, 3.8) is 0 Å². The topological polar surface area (TPSA) is 50.1 Å². The van der Waals surface area contributed by atoms with Gasteiger partial charge in [0.1, 0.15) is 6.07 Å². The van der Waals surface area contributed by atoms with E-state index < -0.39 is 12.1 Å². The number of carbonyl (C=O) groups excluding carboxylic acids is 1. The number of halogens is 1. The van der Waals surface area contributed by atoms with Crippen LogP contribution in [0, 0.1) is 11.3 Å². The molecular weight excluding hydrogens is 318 g/mol. The molecule has 0 radical (unpaired) electrons. The molecule has 1 atom stereocenters. The fraction of sp³-hybridized carbons (Fsp3) is 0.176. The van der Waals surface area contributed by atoms with Crippen LogP contribution in [0.4, 0.5) is 0 Å². The number of nitrogens with zero attached hydrogens (tertiary/aromatic N) is 1. The van der Waals surface area contributed by atoms with Gasteiger partial charge in [-0.2, -0.15) is 5.26 Å². The van der Waals surface area contributed by atoms with Crippen molar-refractivity contribution in [1.29, 1.82) is 5.26 Å². The smallest absolute Gasteiger partial charge is 0.339 e. The molecule has 0 spiro atoms. The summed E-state index contributed by atoms with van der Waals surface area (Å²) in [6.45, 7) is 1.54. The zero-order valence-electron chi connectivity index (χ0n) is 12.0. The highest BCUT2D eigenvalue weighted by Crippen LogP contribution is 2.24. The Morgan fingerprint density at radius 1 is 1.23 bits per heavy atom. The molecule has 0 fully saturated rings. The molecule has 0 aliphatic rings. The first-order valence-electron chi connectivity index (χ1n) is 6.66. The second kappa shape index (κ2) is 7.88. The summed E-state index contributed by atoms with van der Waals surface area (Å²) in [6.07, 6.45) is -0.743. The van der Waals surface area contributed by atoms with Gasteiger partial charge in [-0.3, -0.25) is 0 Å². The Balaban J connectivity index is 1.93. The fourth-order valence-corrected chi connectivity index (χ4v) is 2.67. The fourth-order valence-electron chi connectivity index (χ4n) is 1.69. The highest BCUT2D eigenvalue weighted by Gasteiger charge is 2.10. The van der Waals surface area contributed by atoms with Crippen molar-refractivity contribution in [2.75, 3.05) is 0 Å². The van der Waals surface area contributed by atoms with E-state index in [0.717, 1.165) is 21.2 Å². The molecule has 0 amide bonds. The van der Waals surface area contributed by atoms with Crippen LogP contribution >= 0.6 is 23.4 Å². The van der Waals surface area contributed by atoms with Crippen LogP contribution in [0.2, 0.25) is 5.02 Å². The Bertz CT molecular complexity index is 677. The van der Waals surface area contributed by atoms with Crippen molar-refractivity contribution >= 4 is 29.3 Å².